The summed E-state index contributed by atoms with van der Waals surface area (Å²) in [6.07, 6.45) is 0. The van der Waals surface area contributed by atoms with Gasteiger partial charge < -0.3 is 0 Å². The number of aromatic hydroxyl groups is 1. The van der Waals surface area contributed by atoms with E-state index in [4.69, 9.17) is 4.74 Å². The molecule has 1 N–H and O–H groups in total. The maximum absolute atomic E-state index is 9.91. The van der Waals surface area contributed by atoms with Gasteiger partial charge in [-0.25, -0.2) is 0 Å². The van der Waals surface area contributed by atoms with Crippen molar-refractivity contribution in [3.05, 3.63) is 85.6 Å². The fourth-order valence-electron chi connectivity index (χ4n) is 2.81. The Morgan fingerprint density at radius 1 is 0.931 bits per heavy atom. The molecular formula is C24H24I3O2-. The summed E-state index contributed by atoms with van der Waals surface area (Å²) in [4.78, 5) is 0. The van der Waals surface area contributed by atoms with E-state index in [2.05, 4.69) is 115 Å². The summed E-state index contributed by atoms with van der Waals surface area (Å²) in [5.74, 6) is 1.23. The summed E-state index contributed by atoms with van der Waals surface area (Å²) in [6, 6.07) is 19.4. The van der Waals surface area contributed by atoms with Gasteiger partial charge in [0.15, 0.2) is 0 Å². The van der Waals surface area contributed by atoms with Crippen LogP contribution in [0.15, 0.2) is 54.6 Å². The third-order valence-electron chi connectivity index (χ3n) is 4.53. The molecule has 3 aromatic carbocycles. The molecule has 0 saturated carbocycles. The van der Waals surface area contributed by atoms with E-state index >= 15 is 0 Å². The molecule has 3 aromatic rings. The van der Waals surface area contributed by atoms with Crippen LogP contribution in [0.25, 0.3) is 0 Å². The molecule has 0 saturated heterocycles. The van der Waals surface area contributed by atoms with Crippen LogP contribution in [0.3, 0.4) is 0 Å². The number of phenols is 1. The van der Waals surface area contributed by atoms with Gasteiger partial charge in [0, 0.05) is 0 Å². The second-order valence-corrected chi connectivity index (χ2v) is 13.2. The fourth-order valence-corrected chi connectivity index (χ4v) is 7.04. The normalized spacial score (nSPS) is 11.7. The average Bonchev–Trinajstić information content (AvgIpc) is 2.66. The topological polar surface area (TPSA) is 29.5 Å². The van der Waals surface area contributed by atoms with Gasteiger partial charge in [-0.3, -0.25) is 0 Å². The molecule has 0 amide bonds. The Hall–Kier alpha value is -0.550. The van der Waals surface area contributed by atoms with Crippen LogP contribution in [-0.2, 0) is 12.0 Å². The third-order valence-corrected chi connectivity index (χ3v) is 9.31. The average molecular weight is 725 g/mol. The van der Waals surface area contributed by atoms with E-state index in [1.165, 1.54) is 18.3 Å². The van der Waals surface area contributed by atoms with Gasteiger partial charge >= 0.3 is 213 Å². The van der Waals surface area contributed by atoms with Crippen molar-refractivity contribution in [2.24, 2.45) is 0 Å². The molecule has 0 fully saturated rings. The maximum atomic E-state index is 9.91. The monoisotopic (exact) mass is 725 g/mol. The van der Waals surface area contributed by atoms with E-state index in [1.54, 1.807) is 0 Å². The van der Waals surface area contributed by atoms with Gasteiger partial charge in [0.1, 0.15) is 0 Å². The van der Waals surface area contributed by atoms with Gasteiger partial charge in [-0.15, -0.1) is 0 Å². The van der Waals surface area contributed by atoms with Crippen molar-refractivity contribution in [3.63, 3.8) is 0 Å². The van der Waals surface area contributed by atoms with Crippen molar-refractivity contribution in [2.45, 2.75) is 39.7 Å². The number of halogens is 3. The minimum absolute atomic E-state index is 0.194. The van der Waals surface area contributed by atoms with E-state index in [1.807, 2.05) is 12.1 Å². The van der Waals surface area contributed by atoms with Crippen molar-refractivity contribution in [1.82, 2.24) is 0 Å². The third kappa shape index (κ3) is 6.22. The van der Waals surface area contributed by atoms with Gasteiger partial charge in [-0.2, -0.15) is 0 Å². The van der Waals surface area contributed by atoms with Crippen LogP contribution in [0.1, 0.15) is 37.5 Å². The number of hydrogen-bond donors (Lipinski definition) is 1. The molecule has 0 aliphatic carbocycles. The van der Waals surface area contributed by atoms with Crippen LogP contribution in [0.4, 0.5) is 0 Å². The molecule has 0 unspecified atom stereocenters. The second-order valence-electron chi connectivity index (χ2n) is 7.96. The van der Waals surface area contributed by atoms with E-state index in [0.29, 0.717) is 12.4 Å². The van der Waals surface area contributed by atoms with Crippen LogP contribution in [0.2, 0.25) is 0 Å². The molecule has 0 heterocycles. The molecule has 2 nitrogen and oxygen atoms in total. The molecule has 0 aliphatic rings. The number of ether oxygens (including phenoxy) is 1. The second kappa shape index (κ2) is 9.72. The Morgan fingerprint density at radius 3 is 2.10 bits per heavy atom. The molecule has 5 heteroatoms. The van der Waals surface area contributed by atoms with Crippen LogP contribution in [0.5, 0.6) is 11.5 Å². The quantitative estimate of drug-likeness (QED) is 0.405. The molecular weight excluding hydrogens is 701 g/mol. The van der Waals surface area contributed by atoms with E-state index in [-0.39, 0.29) is 26.6 Å². The van der Waals surface area contributed by atoms with Crippen LogP contribution >= 0.6 is 45.2 Å². The van der Waals surface area contributed by atoms with Gasteiger partial charge in [0.2, 0.25) is 0 Å². The Morgan fingerprint density at radius 2 is 1.55 bits per heavy atom. The first-order chi connectivity index (χ1) is 13.6. The van der Waals surface area contributed by atoms with Crippen molar-refractivity contribution in [3.8, 4) is 11.5 Å². The molecule has 3 rings (SSSR count). The van der Waals surface area contributed by atoms with Gasteiger partial charge in [0.25, 0.3) is 0 Å². The number of rotatable bonds is 5. The van der Waals surface area contributed by atoms with Gasteiger partial charge in [-0.05, 0) is 0 Å². The molecule has 29 heavy (non-hydrogen) atoms. The summed E-state index contributed by atoms with van der Waals surface area (Å²) < 4.78 is 10.6. The number of benzene rings is 3. The predicted octanol–water partition coefficient (Wildman–Crippen LogP) is 3.91. The Bertz CT molecular complexity index is 983. The number of aryl methyl sites for hydroxylation is 1. The van der Waals surface area contributed by atoms with Crippen LogP contribution in [0, 0.1) is 21.2 Å². The summed E-state index contributed by atoms with van der Waals surface area (Å²) in [5, 5.41) is 9.91. The van der Waals surface area contributed by atoms with Crippen LogP contribution < -0.4 is 25.9 Å². The minimum atomic E-state index is -0.208. The predicted molar refractivity (Wildman–Crippen MR) is 132 cm³/mol. The van der Waals surface area contributed by atoms with Crippen molar-refractivity contribution in [2.75, 3.05) is 0 Å². The van der Waals surface area contributed by atoms with Crippen LogP contribution in [-0.4, -0.2) is 5.11 Å². The summed E-state index contributed by atoms with van der Waals surface area (Å²) in [5.41, 5.74) is 3.92. The summed E-state index contributed by atoms with van der Waals surface area (Å²) in [6.45, 7) is 9.41. The molecule has 0 bridgehead atoms. The first-order valence-electron chi connectivity index (χ1n) is 9.29. The van der Waals surface area contributed by atoms with E-state index in [0.717, 1.165) is 18.5 Å². The molecule has 0 aromatic heterocycles. The summed E-state index contributed by atoms with van der Waals surface area (Å²) >= 11 is 4.09. The van der Waals surface area contributed by atoms with Crippen molar-refractivity contribution >= 4 is 45.2 Å². The van der Waals surface area contributed by atoms with Gasteiger partial charge in [0.05, 0.1) is 0 Å². The molecule has 0 spiro atoms. The first-order valence-corrected chi connectivity index (χ1v) is 13.6. The first kappa shape index (κ1) is 23.1. The zero-order valence-electron chi connectivity index (χ0n) is 16.9. The molecule has 0 radical (unpaired) electrons. The van der Waals surface area contributed by atoms with E-state index in [9.17, 15) is 5.11 Å². The zero-order valence-corrected chi connectivity index (χ0v) is 23.4. The zero-order chi connectivity index (χ0) is 21.2. The Kier molecular flexibility index (Phi) is 7.75. The molecule has 0 aliphatic heterocycles. The van der Waals surface area contributed by atoms with E-state index < -0.39 is 0 Å². The number of hydrogen-bond acceptors (Lipinski definition) is 2. The van der Waals surface area contributed by atoms with Crippen molar-refractivity contribution < 1.29 is 31.0 Å². The standard InChI is InChI=1S/C24H24I3O2/c1-15-11-19(29-14-16-12-20(25)23(28)21(26)13-16)9-10-22(15)27-18-7-5-17(6-8-18)24(2,3)4/h5-13,28H,14H2,1-4H3/q-1. The summed E-state index contributed by atoms with van der Waals surface area (Å²) in [7, 11) is 0. The molecule has 154 valence electrons. The fraction of sp³-hybridized carbons (Fsp3) is 0.250. The number of phenolic OH excluding ortho intramolecular Hbond substituents is 1. The SMILES string of the molecule is Cc1cc(OCc2cc(I)c(O)c(I)c2)ccc1[I-]c1ccc(C(C)(C)C)cc1. The van der Waals surface area contributed by atoms with Gasteiger partial charge in [-0.1, -0.05) is 0 Å². The Labute approximate surface area is 211 Å². The Balaban J connectivity index is 1.67. The van der Waals surface area contributed by atoms with Crippen molar-refractivity contribution in [1.29, 1.82) is 0 Å². The molecule has 0 atom stereocenters.